The molecule has 0 saturated heterocycles. The zero-order valence-electron chi connectivity index (χ0n) is 17.7. The highest BCUT2D eigenvalue weighted by atomic mass is 32.2. The minimum atomic E-state index is -0.174. The number of amides is 1. The van der Waals surface area contributed by atoms with Crippen molar-refractivity contribution >= 4 is 23.5 Å². The second kappa shape index (κ2) is 9.35. The van der Waals surface area contributed by atoms with Crippen LogP contribution in [0.25, 0.3) is 0 Å². The Kier molecular flexibility index (Phi) is 6.37. The Hall–Kier alpha value is -3.12. The summed E-state index contributed by atoms with van der Waals surface area (Å²) in [7, 11) is 0. The number of nitrogens with zero attached hydrogens (tertiary/aromatic N) is 6. The van der Waals surface area contributed by atoms with Gasteiger partial charge in [0.1, 0.15) is 11.9 Å². The highest BCUT2D eigenvalue weighted by Crippen LogP contribution is 2.37. The number of thioether (sulfide) groups is 1. The first-order chi connectivity index (χ1) is 15.1. The summed E-state index contributed by atoms with van der Waals surface area (Å²) in [5.41, 5.74) is 3.62. The Morgan fingerprint density at radius 2 is 2.00 bits per heavy atom. The highest BCUT2D eigenvalue weighted by Gasteiger charge is 2.26. The molecule has 1 N–H and O–H groups in total. The molecule has 0 aliphatic heterocycles. The number of hydrogen-bond donors (Lipinski definition) is 1. The van der Waals surface area contributed by atoms with Crippen LogP contribution in [0.2, 0.25) is 0 Å². The maximum atomic E-state index is 12.8. The van der Waals surface area contributed by atoms with Crippen LogP contribution >= 0.6 is 11.8 Å². The fraction of sp³-hybridized carbons (Fsp3) is 0.409. The molecule has 1 amide bonds. The molecule has 1 saturated carbocycles. The molecule has 1 aliphatic carbocycles. The van der Waals surface area contributed by atoms with Crippen LogP contribution in [-0.2, 0) is 11.3 Å². The van der Waals surface area contributed by atoms with Gasteiger partial charge < -0.3 is 9.88 Å². The predicted molar refractivity (Wildman–Crippen MR) is 119 cm³/mol. The largest absolute Gasteiger partial charge is 0.327 e. The summed E-state index contributed by atoms with van der Waals surface area (Å²) in [6.07, 6.45) is 4.50. The average molecular weight is 436 g/mol. The molecule has 1 aromatic carbocycles. The van der Waals surface area contributed by atoms with Crippen LogP contribution in [0.3, 0.4) is 0 Å². The van der Waals surface area contributed by atoms with E-state index >= 15 is 0 Å². The standard InChI is InChI=1S/C22H25N7OS/c1-15-16(2)29(18-10-6-7-11-18)21(19(15)12-23)24-20(30)14-31-22-25-26-27-28(22)13-17-8-4-3-5-9-17/h3-5,8-9,18H,6-7,10-11,13-14H2,1-2H3,(H,24,30). The van der Waals surface area contributed by atoms with Crippen molar-refractivity contribution in [2.45, 2.75) is 57.3 Å². The summed E-state index contributed by atoms with van der Waals surface area (Å²) < 4.78 is 3.84. The number of benzene rings is 1. The van der Waals surface area contributed by atoms with E-state index in [2.05, 4.69) is 31.5 Å². The number of nitrogens with one attached hydrogen (secondary N) is 1. The summed E-state index contributed by atoms with van der Waals surface area (Å²) in [5.74, 6) is 0.611. The summed E-state index contributed by atoms with van der Waals surface area (Å²) in [4.78, 5) is 12.8. The number of nitriles is 1. The van der Waals surface area contributed by atoms with Crippen LogP contribution in [0.5, 0.6) is 0 Å². The van der Waals surface area contributed by atoms with Crippen molar-refractivity contribution in [3.63, 3.8) is 0 Å². The van der Waals surface area contributed by atoms with Gasteiger partial charge in [-0.3, -0.25) is 4.79 Å². The molecular formula is C22H25N7OS. The lowest BCUT2D eigenvalue weighted by atomic mass is 10.2. The van der Waals surface area contributed by atoms with Gasteiger partial charge in [-0.1, -0.05) is 54.9 Å². The van der Waals surface area contributed by atoms with E-state index < -0.39 is 0 Å². The summed E-state index contributed by atoms with van der Waals surface area (Å²) >= 11 is 1.29. The Morgan fingerprint density at radius 3 is 2.71 bits per heavy atom. The molecule has 0 atom stereocenters. The average Bonchev–Trinajstić information content (AvgIpc) is 3.49. The van der Waals surface area contributed by atoms with Crippen LogP contribution < -0.4 is 5.32 Å². The van der Waals surface area contributed by atoms with Crippen LogP contribution in [0.15, 0.2) is 35.5 Å². The molecule has 1 fully saturated rings. The normalized spacial score (nSPS) is 14.0. The molecular weight excluding hydrogens is 410 g/mol. The van der Waals surface area contributed by atoms with Crippen LogP contribution in [-0.4, -0.2) is 36.4 Å². The lowest BCUT2D eigenvalue weighted by Crippen LogP contribution is -2.20. The van der Waals surface area contributed by atoms with Crippen molar-refractivity contribution in [3.8, 4) is 6.07 Å². The van der Waals surface area contributed by atoms with Crippen molar-refractivity contribution in [2.24, 2.45) is 0 Å². The first-order valence-electron chi connectivity index (χ1n) is 10.4. The van der Waals surface area contributed by atoms with E-state index in [4.69, 9.17) is 0 Å². The zero-order valence-corrected chi connectivity index (χ0v) is 18.5. The summed E-state index contributed by atoms with van der Waals surface area (Å²) in [6.45, 7) is 4.51. The van der Waals surface area contributed by atoms with Crippen molar-refractivity contribution in [1.29, 1.82) is 5.26 Å². The molecule has 160 valence electrons. The fourth-order valence-corrected chi connectivity index (χ4v) is 4.84. The van der Waals surface area contributed by atoms with Crippen LogP contribution in [0.1, 0.15) is 54.1 Å². The van der Waals surface area contributed by atoms with E-state index in [9.17, 15) is 10.1 Å². The molecule has 3 aromatic rings. The minimum Gasteiger partial charge on any atom is -0.327 e. The van der Waals surface area contributed by atoms with Crippen LogP contribution in [0.4, 0.5) is 5.82 Å². The Labute approximate surface area is 185 Å². The SMILES string of the molecule is Cc1c(C#N)c(NC(=O)CSc2nnnn2Cc2ccccc2)n(C2CCCC2)c1C. The van der Waals surface area contributed by atoms with Crippen LogP contribution in [0, 0.1) is 25.2 Å². The number of anilines is 1. The number of aromatic nitrogens is 5. The van der Waals surface area contributed by atoms with E-state index in [0.29, 0.717) is 29.1 Å². The molecule has 0 radical (unpaired) electrons. The van der Waals surface area contributed by atoms with Gasteiger partial charge in [-0.15, -0.1) is 5.10 Å². The van der Waals surface area contributed by atoms with E-state index in [1.807, 2.05) is 44.2 Å². The third-order valence-corrected chi connectivity index (χ3v) is 6.78. The molecule has 8 nitrogen and oxygen atoms in total. The van der Waals surface area contributed by atoms with Gasteiger partial charge in [-0.2, -0.15) is 5.26 Å². The molecule has 1 aliphatic rings. The molecule has 31 heavy (non-hydrogen) atoms. The molecule has 0 spiro atoms. The topological polar surface area (TPSA) is 101 Å². The lowest BCUT2D eigenvalue weighted by molar-refractivity contribution is -0.113. The minimum absolute atomic E-state index is 0.161. The van der Waals surface area contributed by atoms with Crippen molar-refractivity contribution < 1.29 is 4.79 Å². The summed E-state index contributed by atoms with van der Waals surface area (Å²) in [5, 5.41) is 25.1. The Balaban J connectivity index is 1.46. The Bertz CT molecular complexity index is 1110. The number of carbonyl (C=O) groups excluding carboxylic acids is 1. The van der Waals surface area contributed by atoms with E-state index in [1.54, 1.807) is 4.68 Å². The van der Waals surface area contributed by atoms with Gasteiger partial charge in [-0.05, 0) is 48.2 Å². The van der Waals surface area contributed by atoms with E-state index in [1.165, 1.54) is 24.6 Å². The molecule has 9 heteroatoms. The second-order valence-electron chi connectivity index (χ2n) is 7.80. The van der Waals surface area contributed by atoms with Gasteiger partial charge in [0.2, 0.25) is 11.1 Å². The molecule has 0 unspecified atom stereocenters. The van der Waals surface area contributed by atoms with Gasteiger partial charge in [0.25, 0.3) is 0 Å². The van der Waals surface area contributed by atoms with E-state index in [0.717, 1.165) is 29.7 Å². The maximum Gasteiger partial charge on any atom is 0.235 e. The Morgan fingerprint density at radius 1 is 1.26 bits per heavy atom. The quantitative estimate of drug-likeness (QED) is 0.566. The zero-order chi connectivity index (χ0) is 21.8. The molecule has 2 aromatic heterocycles. The molecule has 4 rings (SSSR count). The van der Waals surface area contributed by atoms with Gasteiger partial charge in [0.05, 0.1) is 17.9 Å². The van der Waals surface area contributed by atoms with Crippen molar-refractivity contribution in [3.05, 3.63) is 52.7 Å². The first-order valence-corrected chi connectivity index (χ1v) is 11.4. The van der Waals surface area contributed by atoms with E-state index in [-0.39, 0.29) is 11.7 Å². The van der Waals surface area contributed by atoms with Gasteiger partial charge in [0, 0.05) is 11.7 Å². The molecule has 0 bridgehead atoms. The van der Waals surface area contributed by atoms with Gasteiger partial charge in [-0.25, -0.2) is 4.68 Å². The third-order valence-electron chi connectivity index (χ3n) is 5.82. The maximum absolute atomic E-state index is 12.8. The fourth-order valence-electron chi connectivity index (χ4n) is 4.16. The third kappa shape index (κ3) is 4.49. The number of rotatable bonds is 7. The predicted octanol–water partition coefficient (Wildman–Crippen LogP) is 3.86. The van der Waals surface area contributed by atoms with Gasteiger partial charge in [0.15, 0.2) is 0 Å². The number of hydrogen-bond acceptors (Lipinski definition) is 6. The highest BCUT2D eigenvalue weighted by molar-refractivity contribution is 7.99. The van der Waals surface area contributed by atoms with Gasteiger partial charge >= 0.3 is 0 Å². The second-order valence-corrected chi connectivity index (χ2v) is 8.74. The molecule has 2 heterocycles. The van der Waals surface area contributed by atoms with Crippen molar-refractivity contribution in [1.82, 2.24) is 24.8 Å². The summed E-state index contributed by atoms with van der Waals surface area (Å²) in [6, 6.07) is 12.5. The smallest absolute Gasteiger partial charge is 0.235 e. The lowest BCUT2D eigenvalue weighted by Gasteiger charge is -2.19. The monoisotopic (exact) mass is 435 g/mol. The first kappa shape index (κ1) is 21.1. The van der Waals surface area contributed by atoms with Crippen molar-refractivity contribution in [2.75, 3.05) is 11.1 Å². The number of carbonyl (C=O) groups is 1. The number of tetrazole rings is 1.